The van der Waals surface area contributed by atoms with Crippen molar-refractivity contribution in [3.63, 3.8) is 0 Å². The zero-order valence-corrected chi connectivity index (χ0v) is 19.2. The minimum atomic E-state index is -2.12. The van der Waals surface area contributed by atoms with Crippen LogP contribution in [0, 0.1) is 0 Å². The maximum absolute atomic E-state index is 6.60. The van der Waals surface area contributed by atoms with Crippen molar-refractivity contribution >= 4 is 49.0 Å². The van der Waals surface area contributed by atoms with Gasteiger partial charge in [0.25, 0.3) is 0 Å². The molecule has 0 N–H and O–H groups in total. The van der Waals surface area contributed by atoms with E-state index in [1.54, 1.807) is 0 Å². The molecule has 7 heteroatoms. The molecule has 0 spiro atoms. The van der Waals surface area contributed by atoms with Crippen LogP contribution in [0.5, 0.6) is 0 Å². The van der Waals surface area contributed by atoms with Gasteiger partial charge in [-0.1, -0.05) is 44.7 Å². The van der Waals surface area contributed by atoms with Crippen molar-refractivity contribution in [1.29, 1.82) is 0 Å². The Morgan fingerprint density at radius 1 is 0.714 bits per heavy atom. The summed E-state index contributed by atoms with van der Waals surface area (Å²) >= 11 is 7.00. The monoisotopic (exact) mass is 462 g/mol. The summed E-state index contributed by atoms with van der Waals surface area (Å²) in [6, 6.07) is 2.11. The molecule has 21 heavy (non-hydrogen) atoms. The molecule has 0 aromatic carbocycles. The first kappa shape index (κ1) is 22.3. The molecular weight excluding hydrogens is 432 g/mol. The number of hydrogen-bond donors (Lipinski definition) is 0. The Kier molecular flexibility index (Phi) is 13.4. The molecule has 2 unspecified atom stereocenters. The molecular formula is C14H32Br2O3Si2. The Balaban J connectivity index is 4.68. The van der Waals surface area contributed by atoms with E-state index in [0.717, 1.165) is 48.8 Å². The minimum absolute atomic E-state index is 0.731. The molecule has 0 amide bonds. The van der Waals surface area contributed by atoms with E-state index in [0.29, 0.717) is 0 Å². The van der Waals surface area contributed by atoms with Crippen molar-refractivity contribution in [2.75, 3.05) is 23.9 Å². The van der Waals surface area contributed by atoms with E-state index in [1.165, 1.54) is 12.8 Å². The Labute approximate surface area is 150 Å². The summed E-state index contributed by atoms with van der Waals surface area (Å²) in [6.07, 6.45) is 4.67. The van der Waals surface area contributed by atoms with E-state index in [4.69, 9.17) is 13.0 Å². The highest BCUT2D eigenvalue weighted by molar-refractivity contribution is 9.09. The van der Waals surface area contributed by atoms with Crippen molar-refractivity contribution in [3.05, 3.63) is 0 Å². The third kappa shape index (κ3) is 10.6. The molecule has 0 saturated heterocycles. The first-order valence-corrected chi connectivity index (χ1v) is 15.3. The van der Waals surface area contributed by atoms with E-state index in [2.05, 4.69) is 58.8 Å². The van der Waals surface area contributed by atoms with Gasteiger partial charge < -0.3 is 13.0 Å². The highest BCUT2D eigenvalue weighted by atomic mass is 79.9. The summed E-state index contributed by atoms with van der Waals surface area (Å²) in [5.41, 5.74) is 0. The quantitative estimate of drug-likeness (QED) is 0.191. The van der Waals surface area contributed by atoms with Gasteiger partial charge >= 0.3 is 17.1 Å². The first-order valence-electron chi connectivity index (χ1n) is 8.05. The lowest BCUT2D eigenvalue weighted by Crippen LogP contribution is -2.52. The van der Waals surface area contributed by atoms with Gasteiger partial charge in [0.15, 0.2) is 0 Å². The van der Waals surface area contributed by atoms with Gasteiger partial charge in [0.05, 0.1) is 0 Å². The molecule has 0 aromatic heterocycles. The Bertz CT molecular complexity index is 238. The van der Waals surface area contributed by atoms with Gasteiger partial charge in [0, 0.05) is 23.9 Å². The van der Waals surface area contributed by atoms with Gasteiger partial charge in [0.2, 0.25) is 0 Å². The van der Waals surface area contributed by atoms with Crippen LogP contribution < -0.4 is 0 Å². The zero-order valence-electron chi connectivity index (χ0n) is 14.1. The molecule has 0 heterocycles. The van der Waals surface area contributed by atoms with Crippen LogP contribution in [0.15, 0.2) is 0 Å². The van der Waals surface area contributed by atoms with E-state index >= 15 is 0 Å². The highest BCUT2D eigenvalue weighted by Gasteiger charge is 2.42. The Morgan fingerprint density at radius 2 is 1.10 bits per heavy atom. The van der Waals surface area contributed by atoms with Gasteiger partial charge in [-0.2, -0.15) is 0 Å². The van der Waals surface area contributed by atoms with Gasteiger partial charge in [0.1, 0.15) is 0 Å². The lowest BCUT2D eigenvalue weighted by molar-refractivity contribution is 0.198. The van der Waals surface area contributed by atoms with Crippen molar-refractivity contribution < 1.29 is 13.0 Å². The number of unbranched alkanes of at least 4 members (excludes halogenated alkanes) is 2. The van der Waals surface area contributed by atoms with Gasteiger partial charge in [-0.05, 0) is 51.9 Å². The molecule has 2 atom stereocenters. The number of hydrogen-bond acceptors (Lipinski definition) is 3. The zero-order chi connectivity index (χ0) is 16.2. The minimum Gasteiger partial charge on any atom is -0.415 e. The summed E-state index contributed by atoms with van der Waals surface area (Å²) in [5, 5.41) is 2.10. The molecule has 128 valence electrons. The molecule has 0 aliphatic carbocycles. The van der Waals surface area contributed by atoms with E-state index in [-0.39, 0.29) is 0 Å². The van der Waals surface area contributed by atoms with Crippen LogP contribution in [0.3, 0.4) is 0 Å². The van der Waals surface area contributed by atoms with Gasteiger partial charge in [-0.3, -0.25) is 0 Å². The fourth-order valence-corrected chi connectivity index (χ4v) is 11.5. The summed E-state index contributed by atoms with van der Waals surface area (Å²) in [6.45, 7) is 10.00. The SMILES string of the molecule is CCO[Si](C)(CCCCBr)O[Si](C)(CCCCBr)OCC. The van der Waals surface area contributed by atoms with Crippen LogP contribution >= 0.6 is 31.9 Å². The smallest absolute Gasteiger partial charge is 0.326 e. The van der Waals surface area contributed by atoms with Crippen molar-refractivity contribution in [2.45, 2.75) is 64.7 Å². The summed E-state index contributed by atoms with van der Waals surface area (Å²) in [7, 11) is -4.23. The second-order valence-corrected chi connectivity index (χ2v) is 14.0. The first-order chi connectivity index (χ1) is 9.95. The van der Waals surface area contributed by atoms with Crippen LogP contribution in [0.4, 0.5) is 0 Å². The number of alkyl halides is 2. The molecule has 0 aliphatic heterocycles. The predicted molar refractivity (Wildman–Crippen MR) is 103 cm³/mol. The molecule has 0 saturated carbocycles. The van der Waals surface area contributed by atoms with E-state index < -0.39 is 17.1 Å². The topological polar surface area (TPSA) is 27.7 Å². The molecule has 0 aliphatic rings. The van der Waals surface area contributed by atoms with E-state index in [9.17, 15) is 0 Å². The van der Waals surface area contributed by atoms with Crippen LogP contribution in [-0.4, -0.2) is 41.0 Å². The Morgan fingerprint density at radius 3 is 1.38 bits per heavy atom. The summed E-state index contributed by atoms with van der Waals surface area (Å²) in [4.78, 5) is 0. The molecule has 0 fully saturated rings. The van der Waals surface area contributed by atoms with Crippen LogP contribution in [0.25, 0.3) is 0 Å². The molecule has 0 radical (unpaired) electrons. The van der Waals surface area contributed by atoms with Crippen LogP contribution in [0.1, 0.15) is 39.5 Å². The molecule has 0 rings (SSSR count). The normalized spacial score (nSPS) is 17.4. The third-order valence-electron chi connectivity index (χ3n) is 3.36. The average molecular weight is 464 g/mol. The third-order valence-corrected chi connectivity index (χ3v) is 12.3. The second kappa shape index (κ2) is 12.7. The summed E-state index contributed by atoms with van der Waals surface area (Å²) in [5.74, 6) is 0. The highest BCUT2D eigenvalue weighted by Crippen LogP contribution is 2.27. The van der Waals surface area contributed by atoms with Gasteiger partial charge in [-0.15, -0.1) is 0 Å². The standard InChI is InChI=1S/C14H32Br2O3Si2/c1-5-17-20(3,13-9-7-11-15)19-21(4,18-6-2)14-10-8-12-16/h5-14H2,1-4H3. The van der Waals surface area contributed by atoms with Crippen molar-refractivity contribution in [3.8, 4) is 0 Å². The Hall–Kier alpha value is 1.27. The van der Waals surface area contributed by atoms with Crippen molar-refractivity contribution in [2.24, 2.45) is 0 Å². The fourth-order valence-electron chi connectivity index (χ4n) is 2.45. The lowest BCUT2D eigenvalue weighted by atomic mass is 10.4. The number of rotatable bonds is 14. The fraction of sp³-hybridized carbons (Fsp3) is 1.00. The maximum Gasteiger partial charge on any atom is 0.326 e. The number of halogens is 2. The maximum atomic E-state index is 6.60. The van der Waals surface area contributed by atoms with E-state index in [1.807, 2.05) is 0 Å². The van der Waals surface area contributed by atoms with Crippen LogP contribution in [-0.2, 0) is 13.0 Å². The molecule has 0 bridgehead atoms. The lowest BCUT2D eigenvalue weighted by Gasteiger charge is -2.37. The average Bonchev–Trinajstić information content (AvgIpc) is 2.39. The second-order valence-electron chi connectivity index (χ2n) is 5.53. The summed E-state index contributed by atoms with van der Waals surface area (Å²) < 4.78 is 18.7. The van der Waals surface area contributed by atoms with Gasteiger partial charge in [-0.25, -0.2) is 0 Å². The molecule has 0 aromatic rings. The predicted octanol–water partition coefficient (Wildman–Crippen LogP) is 5.57. The molecule has 3 nitrogen and oxygen atoms in total. The van der Waals surface area contributed by atoms with Crippen LogP contribution in [0.2, 0.25) is 25.2 Å². The largest absolute Gasteiger partial charge is 0.415 e. The van der Waals surface area contributed by atoms with Crippen molar-refractivity contribution in [1.82, 2.24) is 0 Å².